The Morgan fingerprint density at radius 2 is 2.00 bits per heavy atom. The molecular weight excluding hydrogens is 314 g/mol. The number of hydrogen-bond acceptors (Lipinski definition) is 3. The number of anilines is 1. The van der Waals surface area contributed by atoms with Crippen LogP contribution in [0.25, 0.3) is 0 Å². The summed E-state index contributed by atoms with van der Waals surface area (Å²) in [6.07, 6.45) is 5.52. The van der Waals surface area contributed by atoms with Crippen LogP contribution in [0, 0.1) is 17.8 Å². The van der Waals surface area contributed by atoms with Gasteiger partial charge in [-0.25, -0.2) is 0 Å². The summed E-state index contributed by atoms with van der Waals surface area (Å²) in [5.41, 5.74) is 8.51. The SMILES string of the molecule is NC1C2CCC(C2)C1C(=O)NCCCC(=O)N1CCc2ccccc21. The van der Waals surface area contributed by atoms with Gasteiger partial charge in [-0.3, -0.25) is 9.59 Å². The lowest BCUT2D eigenvalue weighted by Crippen LogP contribution is -2.45. The third kappa shape index (κ3) is 3.06. The van der Waals surface area contributed by atoms with Gasteiger partial charge in [0.1, 0.15) is 0 Å². The highest BCUT2D eigenvalue weighted by Gasteiger charge is 2.48. The summed E-state index contributed by atoms with van der Waals surface area (Å²) in [7, 11) is 0. The number of para-hydroxylation sites is 1. The first kappa shape index (κ1) is 16.6. The molecule has 1 aromatic rings. The Kier molecular flexibility index (Phi) is 4.50. The number of rotatable bonds is 5. The quantitative estimate of drug-likeness (QED) is 0.803. The van der Waals surface area contributed by atoms with E-state index < -0.39 is 0 Å². The van der Waals surface area contributed by atoms with Gasteiger partial charge in [0.2, 0.25) is 11.8 Å². The summed E-state index contributed by atoms with van der Waals surface area (Å²) < 4.78 is 0. The molecule has 2 fully saturated rings. The van der Waals surface area contributed by atoms with Gasteiger partial charge in [-0.2, -0.15) is 0 Å². The molecule has 5 nitrogen and oxygen atoms in total. The molecule has 4 atom stereocenters. The van der Waals surface area contributed by atoms with E-state index in [1.807, 2.05) is 23.1 Å². The summed E-state index contributed by atoms with van der Waals surface area (Å²) in [5.74, 6) is 1.25. The number of fused-ring (bicyclic) bond motifs is 3. The van der Waals surface area contributed by atoms with Crippen molar-refractivity contribution in [3.63, 3.8) is 0 Å². The minimum atomic E-state index is -0.0140. The van der Waals surface area contributed by atoms with Crippen molar-refractivity contribution < 1.29 is 9.59 Å². The van der Waals surface area contributed by atoms with Crippen molar-refractivity contribution in [3.05, 3.63) is 29.8 Å². The first-order chi connectivity index (χ1) is 12.1. The number of benzene rings is 1. The third-order valence-corrected chi connectivity index (χ3v) is 6.34. The maximum absolute atomic E-state index is 12.5. The van der Waals surface area contributed by atoms with Crippen LogP contribution in [0.4, 0.5) is 5.69 Å². The minimum Gasteiger partial charge on any atom is -0.356 e. The Balaban J connectivity index is 1.22. The Labute approximate surface area is 148 Å². The van der Waals surface area contributed by atoms with Crippen LogP contribution in [0.2, 0.25) is 0 Å². The van der Waals surface area contributed by atoms with Crippen molar-refractivity contribution in [2.75, 3.05) is 18.0 Å². The van der Waals surface area contributed by atoms with Gasteiger partial charge in [0, 0.05) is 31.2 Å². The third-order valence-electron chi connectivity index (χ3n) is 6.34. The van der Waals surface area contributed by atoms with Crippen LogP contribution < -0.4 is 16.0 Å². The summed E-state index contributed by atoms with van der Waals surface area (Å²) in [4.78, 5) is 26.8. The largest absolute Gasteiger partial charge is 0.356 e. The van der Waals surface area contributed by atoms with Crippen LogP contribution in [-0.4, -0.2) is 30.9 Å². The fraction of sp³-hybridized carbons (Fsp3) is 0.600. The predicted molar refractivity (Wildman–Crippen MR) is 97.0 cm³/mol. The van der Waals surface area contributed by atoms with Gasteiger partial charge in [0.25, 0.3) is 0 Å². The number of nitrogens with two attached hydrogens (primary N) is 1. The molecule has 2 bridgehead atoms. The van der Waals surface area contributed by atoms with Gasteiger partial charge in [-0.05, 0) is 55.6 Å². The number of nitrogens with zero attached hydrogens (tertiary/aromatic N) is 1. The summed E-state index contributed by atoms with van der Waals surface area (Å²) in [6, 6.07) is 8.12. The standard InChI is InChI=1S/C20H27N3O2/c21-19-15-8-7-14(12-15)18(19)20(25)22-10-3-6-17(24)23-11-9-13-4-1-2-5-16(13)23/h1-2,4-5,14-15,18-19H,3,6-12,21H2,(H,22,25). The van der Waals surface area contributed by atoms with Crippen LogP contribution in [0.15, 0.2) is 24.3 Å². The number of hydrogen-bond donors (Lipinski definition) is 2. The zero-order chi connectivity index (χ0) is 17.4. The minimum absolute atomic E-state index is 0.0140. The second-order valence-electron chi connectivity index (χ2n) is 7.76. The van der Waals surface area contributed by atoms with Crippen LogP contribution in [0.3, 0.4) is 0 Å². The van der Waals surface area contributed by atoms with Gasteiger partial charge in [0.15, 0.2) is 0 Å². The van der Waals surface area contributed by atoms with E-state index in [9.17, 15) is 9.59 Å². The fourth-order valence-electron chi connectivity index (χ4n) is 5.03. The smallest absolute Gasteiger partial charge is 0.227 e. The molecule has 3 aliphatic rings. The number of carbonyl (C=O) groups excluding carboxylic acids is 2. The molecule has 0 aromatic heterocycles. The van der Waals surface area contributed by atoms with Crippen molar-refractivity contribution in [1.82, 2.24) is 5.32 Å². The molecule has 134 valence electrons. The molecule has 1 aromatic carbocycles. The number of nitrogens with one attached hydrogen (secondary N) is 1. The Hall–Kier alpha value is -1.88. The number of amides is 2. The van der Waals surface area contributed by atoms with Crippen LogP contribution in [-0.2, 0) is 16.0 Å². The van der Waals surface area contributed by atoms with Gasteiger partial charge in [0.05, 0.1) is 5.92 Å². The van der Waals surface area contributed by atoms with Gasteiger partial charge < -0.3 is 16.0 Å². The van der Waals surface area contributed by atoms with Gasteiger partial charge in [-0.1, -0.05) is 18.2 Å². The zero-order valence-corrected chi connectivity index (χ0v) is 14.6. The molecule has 1 heterocycles. The van der Waals surface area contributed by atoms with Gasteiger partial charge >= 0.3 is 0 Å². The first-order valence-electron chi connectivity index (χ1n) is 9.56. The highest BCUT2D eigenvalue weighted by Crippen LogP contribution is 2.47. The van der Waals surface area contributed by atoms with E-state index in [4.69, 9.17) is 5.73 Å². The molecule has 2 amide bonds. The van der Waals surface area contributed by atoms with E-state index in [-0.39, 0.29) is 23.8 Å². The molecule has 4 unspecified atom stereocenters. The molecule has 3 N–H and O–H groups in total. The van der Waals surface area contributed by atoms with Crippen molar-refractivity contribution in [3.8, 4) is 0 Å². The summed E-state index contributed by atoms with van der Waals surface area (Å²) >= 11 is 0. The monoisotopic (exact) mass is 341 g/mol. The summed E-state index contributed by atoms with van der Waals surface area (Å²) in [6.45, 7) is 1.32. The second-order valence-corrected chi connectivity index (χ2v) is 7.76. The molecule has 0 radical (unpaired) electrons. The van der Waals surface area contributed by atoms with Crippen molar-refractivity contribution in [2.45, 2.75) is 44.6 Å². The fourth-order valence-corrected chi connectivity index (χ4v) is 5.03. The lowest BCUT2D eigenvalue weighted by atomic mass is 9.84. The van der Waals surface area contributed by atoms with E-state index in [1.54, 1.807) is 0 Å². The van der Waals surface area contributed by atoms with Crippen molar-refractivity contribution in [2.24, 2.45) is 23.5 Å². The molecule has 25 heavy (non-hydrogen) atoms. The van der Waals surface area contributed by atoms with Crippen molar-refractivity contribution >= 4 is 17.5 Å². The second kappa shape index (κ2) is 6.79. The topological polar surface area (TPSA) is 75.4 Å². The maximum atomic E-state index is 12.5. The Bertz CT molecular complexity index is 673. The molecule has 2 aliphatic carbocycles. The van der Waals surface area contributed by atoms with E-state index in [2.05, 4.69) is 11.4 Å². The van der Waals surface area contributed by atoms with Gasteiger partial charge in [-0.15, -0.1) is 0 Å². The van der Waals surface area contributed by atoms with E-state index in [0.29, 0.717) is 31.2 Å². The molecule has 0 spiro atoms. The van der Waals surface area contributed by atoms with Crippen molar-refractivity contribution in [1.29, 1.82) is 0 Å². The lowest BCUT2D eigenvalue weighted by Gasteiger charge is -2.27. The Morgan fingerprint density at radius 3 is 2.80 bits per heavy atom. The average Bonchev–Trinajstić information content (AvgIpc) is 3.32. The van der Waals surface area contributed by atoms with Crippen LogP contribution in [0.1, 0.15) is 37.7 Å². The lowest BCUT2D eigenvalue weighted by molar-refractivity contribution is -0.127. The molecule has 4 rings (SSSR count). The average molecular weight is 341 g/mol. The molecule has 2 saturated carbocycles. The van der Waals surface area contributed by atoms with E-state index in [0.717, 1.165) is 31.5 Å². The highest BCUT2D eigenvalue weighted by atomic mass is 16.2. The zero-order valence-electron chi connectivity index (χ0n) is 14.6. The summed E-state index contributed by atoms with van der Waals surface area (Å²) in [5, 5.41) is 3.02. The molecule has 0 saturated heterocycles. The van der Waals surface area contributed by atoms with Crippen LogP contribution in [0.5, 0.6) is 0 Å². The van der Waals surface area contributed by atoms with E-state index >= 15 is 0 Å². The molecular formula is C20H27N3O2. The number of carbonyl (C=O) groups is 2. The van der Waals surface area contributed by atoms with E-state index in [1.165, 1.54) is 12.0 Å². The maximum Gasteiger partial charge on any atom is 0.227 e. The van der Waals surface area contributed by atoms with Crippen LogP contribution >= 0.6 is 0 Å². The highest BCUT2D eigenvalue weighted by molar-refractivity contribution is 5.95. The normalized spacial score (nSPS) is 29.7. The first-order valence-corrected chi connectivity index (χ1v) is 9.56. The molecule has 5 heteroatoms. The Morgan fingerprint density at radius 1 is 1.20 bits per heavy atom. The predicted octanol–water partition coefficient (Wildman–Crippen LogP) is 1.85. The molecule has 1 aliphatic heterocycles.